The van der Waals surface area contributed by atoms with Gasteiger partial charge in [0.25, 0.3) is 0 Å². The molecule has 5 rings (SSSR count). The number of aliphatic hydroxyl groups excluding tert-OH is 1. The molecule has 6 nitrogen and oxygen atoms in total. The van der Waals surface area contributed by atoms with Crippen LogP contribution in [0.2, 0.25) is 0 Å². The third-order valence-electron chi connectivity index (χ3n) is 6.43. The third kappa shape index (κ3) is 2.54. The van der Waals surface area contributed by atoms with Gasteiger partial charge >= 0.3 is 0 Å². The van der Waals surface area contributed by atoms with E-state index < -0.39 is 23.5 Å². The Balaban J connectivity index is 1.32. The highest BCUT2D eigenvalue weighted by molar-refractivity contribution is 5.93. The van der Waals surface area contributed by atoms with E-state index in [1.165, 1.54) is 11.1 Å². The van der Waals surface area contributed by atoms with Crippen molar-refractivity contribution in [1.82, 2.24) is 9.80 Å². The number of ether oxygens (including phenoxy) is 1. The number of hydrogen-bond donors (Lipinski definition) is 1. The van der Waals surface area contributed by atoms with Gasteiger partial charge in [0.15, 0.2) is 0 Å². The van der Waals surface area contributed by atoms with Gasteiger partial charge < -0.3 is 19.6 Å². The van der Waals surface area contributed by atoms with E-state index in [4.69, 9.17) is 4.74 Å². The summed E-state index contributed by atoms with van der Waals surface area (Å²) in [5, 5.41) is 9.50. The van der Waals surface area contributed by atoms with E-state index in [0.717, 1.165) is 6.42 Å². The average Bonchev–Trinajstić information content (AvgIpc) is 3.26. The summed E-state index contributed by atoms with van der Waals surface area (Å²) in [6.45, 7) is 3.92. The minimum atomic E-state index is -0.654. The Kier molecular flexibility index (Phi) is 3.71. The number of likely N-dealkylation sites (tertiary alicyclic amines) is 2. The van der Waals surface area contributed by atoms with Gasteiger partial charge in [0.1, 0.15) is 5.60 Å². The largest absolute Gasteiger partial charge is 0.389 e. The summed E-state index contributed by atoms with van der Waals surface area (Å²) in [6, 6.07) is 8.35. The smallest absolute Gasteiger partial charge is 0.230 e. The number of aryl methyl sites for hydroxylation is 1. The summed E-state index contributed by atoms with van der Waals surface area (Å²) in [5.74, 6) is -0.932. The Morgan fingerprint density at radius 2 is 2.04 bits per heavy atom. The molecule has 1 aromatic rings. The van der Waals surface area contributed by atoms with Crippen molar-refractivity contribution in [2.45, 2.75) is 31.2 Å². The van der Waals surface area contributed by atoms with Gasteiger partial charge in [-0.3, -0.25) is 9.59 Å². The minimum Gasteiger partial charge on any atom is -0.389 e. The Bertz CT molecular complexity index is 814. The normalized spacial score (nSPS) is 34.3. The molecular weight excluding hydrogens is 344 g/mol. The summed E-state index contributed by atoms with van der Waals surface area (Å²) in [6.07, 6.45) is 3.96. The first kappa shape index (κ1) is 17.0. The first-order chi connectivity index (χ1) is 13.0. The van der Waals surface area contributed by atoms with Crippen LogP contribution in [0.3, 0.4) is 0 Å². The molecule has 1 N–H and O–H groups in total. The SMILES string of the molecule is Cc1ccc(CCN2C[C@]34C=C[C@H](O3)C(C(=O)N3CC(O)C3)C4C2=O)cc1. The second-order valence-electron chi connectivity index (χ2n) is 8.29. The van der Waals surface area contributed by atoms with Gasteiger partial charge in [-0.1, -0.05) is 42.0 Å². The quantitative estimate of drug-likeness (QED) is 0.787. The highest BCUT2D eigenvalue weighted by atomic mass is 16.5. The number of aliphatic hydroxyl groups is 1. The standard InChI is InChI=1S/C21H24N2O4/c1-13-2-4-14(5-3-13)7-9-22-12-21-8-6-16(27-21)17(18(21)20(22)26)19(25)23-10-15(24)11-23/h2-6,8,15-18,24H,7,9-12H2,1H3/t16-,17?,18?,21-/m0/s1. The molecule has 27 heavy (non-hydrogen) atoms. The lowest BCUT2D eigenvalue weighted by Crippen LogP contribution is -2.57. The Hall–Kier alpha value is -2.18. The number of nitrogens with zero attached hydrogens (tertiary/aromatic N) is 2. The Labute approximate surface area is 158 Å². The van der Waals surface area contributed by atoms with Crippen molar-refractivity contribution in [3.8, 4) is 0 Å². The summed E-state index contributed by atoms with van der Waals surface area (Å²) in [4.78, 5) is 29.5. The van der Waals surface area contributed by atoms with Crippen molar-refractivity contribution < 1.29 is 19.4 Å². The molecule has 4 heterocycles. The maximum Gasteiger partial charge on any atom is 0.230 e. The van der Waals surface area contributed by atoms with Gasteiger partial charge in [0, 0.05) is 19.6 Å². The lowest BCUT2D eigenvalue weighted by atomic mass is 9.76. The molecule has 2 amide bonds. The van der Waals surface area contributed by atoms with E-state index >= 15 is 0 Å². The molecule has 1 aromatic carbocycles. The Morgan fingerprint density at radius 3 is 2.74 bits per heavy atom. The van der Waals surface area contributed by atoms with Crippen LogP contribution in [-0.2, 0) is 20.7 Å². The number of hydrogen-bond acceptors (Lipinski definition) is 4. The molecule has 4 aliphatic rings. The minimum absolute atomic E-state index is 0.0217. The van der Waals surface area contributed by atoms with Crippen LogP contribution in [0.1, 0.15) is 11.1 Å². The average molecular weight is 368 g/mol. The molecule has 0 radical (unpaired) electrons. The van der Waals surface area contributed by atoms with Crippen LogP contribution in [0.25, 0.3) is 0 Å². The zero-order chi connectivity index (χ0) is 18.8. The van der Waals surface area contributed by atoms with Gasteiger partial charge in [-0.25, -0.2) is 0 Å². The zero-order valence-corrected chi connectivity index (χ0v) is 15.4. The number of benzene rings is 1. The monoisotopic (exact) mass is 368 g/mol. The third-order valence-corrected chi connectivity index (χ3v) is 6.43. The second-order valence-corrected chi connectivity index (χ2v) is 8.29. The molecular formula is C21H24N2O4. The zero-order valence-electron chi connectivity index (χ0n) is 15.4. The van der Waals surface area contributed by atoms with Gasteiger partial charge in [-0.15, -0.1) is 0 Å². The Morgan fingerprint density at radius 1 is 1.30 bits per heavy atom. The van der Waals surface area contributed by atoms with Crippen LogP contribution < -0.4 is 0 Å². The number of β-amino-alcohol motifs (C(OH)–C–C–N with tert-alkyl or cyclic N) is 1. The molecule has 1 spiro atoms. The van der Waals surface area contributed by atoms with Crippen molar-refractivity contribution in [3.63, 3.8) is 0 Å². The highest BCUT2D eigenvalue weighted by Crippen LogP contribution is 2.52. The molecule has 3 fully saturated rings. The van der Waals surface area contributed by atoms with Crippen LogP contribution in [0.15, 0.2) is 36.4 Å². The van der Waals surface area contributed by atoms with Gasteiger partial charge in [-0.2, -0.15) is 0 Å². The summed E-state index contributed by atoms with van der Waals surface area (Å²) in [7, 11) is 0. The molecule has 3 saturated heterocycles. The number of rotatable bonds is 4. The fourth-order valence-electron chi connectivity index (χ4n) is 4.91. The molecule has 2 bridgehead atoms. The van der Waals surface area contributed by atoms with Gasteiger partial charge in [0.2, 0.25) is 11.8 Å². The van der Waals surface area contributed by atoms with Crippen molar-refractivity contribution in [1.29, 1.82) is 0 Å². The van der Waals surface area contributed by atoms with E-state index in [9.17, 15) is 14.7 Å². The van der Waals surface area contributed by atoms with Gasteiger partial charge in [0.05, 0.1) is 30.6 Å². The molecule has 6 heteroatoms. The molecule has 0 aromatic heterocycles. The van der Waals surface area contributed by atoms with E-state index in [1.54, 1.807) is 4.90 Å². The fourth-order valence-corrected chi connectivity index (χ4v) is 4.91. The molecule has 2 unspecified atom stereocenters. The van der Waals surface area contributed by atoms with E-state index in [0.29, 0.717) is 26.2 Å². The molecule has 142 valence electrons. The van der Waals surface area contributed by atoms with E-state index in [1.807, 2.05) is 17.1 Å². The van der Waals surface area contributed by atoms with Crippen LogP contribution in [0, 0.1) is 18.8 Å². The number of fused-ring (bicyclic) bond motifs is 1. The van der Waals surface area contributed by atoms with Crippen LogP contribution in [-0.4, -0.2) is 70.7 Å². The lowest BCUT2D eigenvalue weighted by Gasteiger charge is -2.39. The van der Waals surface area contributed by atoms with Crippen molar-refractivity contribution in [2.75, 3.05) is 26.2 Å². The van der Waals surface area contributed by atoms with E-state index in [2.05, 4.69) is 31.2 Å². The lowest BCUT2D eigenvalue weighted by molar-refractivity contribution is -0.151. The van der Waals surface area contributed by atoms with Crippen LogP contribution >= 0.6 is 0 Å². The number of amides is 2. The highest BCUT2D eigenvalue weighted by Gasteiger charge is 2.67. The topological polar surface area (TPSA) is 70.1 Å². The molecule has 4 aliphatic heterocycles. The summed E-state index contributed by atoms with van der Waals surface area (Å²) in [5.41, 5.74) is 1.77. The van der Waals surface area contributed by atoms with Crippen molar-refractivity contribution in [3.05, 3.63) is 47.5 Å². The van der Waals surface area contributed by atoms with Crippen molar-refractivity contribution in [2.24, 2.45) is 11.8 Å². The first-order valence-electron chi connectivity index (χ1n) is 9.65. The predicted molar refractivity (Wildman–Crippen MR) is 97.8 cm³/mol. The first-order valence-corrected chi connectivity index (χ1v) is 9.65. The number of carbonyl (C=O) groups excluding carboxylic acids is 2. The second kappa shape index (κ2) is 5.91. The maximum atomic E-state index is 13.1. The molecule has 4 atom stereocenters. The maximum absolute atomic E-state index is 13.1. The molecule has 0 aliphatic carbocycles. The van der Waals surface area contributed by atoms with Gasteiger partial charge in [-0.05, 0) is 18.9 Å². The summed E-state index contributed by atoms with van der Waals surface area (Å²) >= 11 is 0. The number of carbonyl (C=O) groups is 2. The molecule has 0 saturated carbocycles. The summed E-state index contributed by atoms with van der Waals surface area (Å²) < 4.78 is 6.15. The van der Waals surface area contributed by atoms with Crippen LogP contribution in [0.4, 0.5) is 0 Å². The van der Waals surface area contributed by atoms with Crippen molar-refractivity contribution >= 4 is 11.8 Å². The van der Waals surface area contributed by atoms with E-state index in [-0.39, 0.29) is 17.9 Å². The predicted octanol–water partition coefficient (Wildman–Crippen LogP) is 0.523. The van der Waals surface area contributed by atoms with Crippen LogP contribution in [0.5, 0.6) is 0 Å². The fraction of sp³-hybridized carbons (Fsp3) is 0.524.